The summed E-state index contributed by atoms with van der Waals surface area (Å²) in [4.78, 5) is 10.8. The molecule has 2 fully saturated rings. The Bertz CT molecular complexity index is 938. The Morgan fingerprint density at radius 1 is 0.889 bits per heavy atom. The maximum Gasteiger partial charge on any atom is 0.269 e. The van der Waals surface area contributed by atoms with E-state index in [-0.39, 0.29) is 21.6 Å². The van der Waals surface area contributed by atoms with Crippen LogP contribution in [0.5, 0.6) is 0 Å². The Labute approximate surface area is 158 Å². The van der Waals surface area contributed by atoms with Gasteiger partial charge in [0.15, 0.2) is 0 Å². The summed E-state index contributed by atoms with van der Waals surface area (Å²) >= 11 is 0. The van der Waals surface area contributed by atoms with Crippen molar-refractivity contribution in [1.82, 2.24) is 0 Å². The molecule has 4 atom stereocenters. The van der Waals surface area contributed by atoms with Gasteiger partial charge >= 0.3 is 0 Å². The molecule has 0 aromatic heterocycles. The SMILES string of the molecule is CC1(C)[C@]2(c3ccc([N+](=O)[O-])cc3)N=N[C@@]1(c1ccccc1)[C@H]1CCC[C@H]12. The van der Waals surface area contributed by atoms with Gasteiger partial charge in [-0.25, -0.2) is 0 Å². The normalized spacial score (nSPS) is 35.3. The molecule has 2 aromatic rings. The van der Waals surface area contributed by atoms with Crippen LogP contribution in [0.1, 0.15) is 44.2 Å². The molecule has 0 radical (unpaired) electrons. The third-order valence-corrected chi connectivity index (χ3v) is 7.59. The fourth-order valence-electron chi connectivity index (χ4n) is 6.53. The second kappa shape index (κ2) is 5.24. The van der Waals surface area contributed by atoms with E-state index in [9.17, 15) is 10.1 Å². The largest absolute Gasteiger partial charge is 0.269 e. The van der Waals surface area contributed by atoms with Gasteiger partial charge in [-0.3, -0.25) is 10.1 Å². The second-order valence-electron chi connectivity index (χ2n) is 8.67. The van der Waals surface area contributed by atoms with E-state index in [1.54, 1.807) is 12.1 Å². The number of nitro groups is 1. The van der Waals surface area contributed by atoms with E-state index in [4.69, 9.17) is 10.2 Å². The fraction of sp³-hybridized carbons (Fsp3) is 0.455. The Balaban J connectivity index is 1.72. The number of hydrogen-bond acceptors (Lipinski definition) is 4. The molecular formula is C22H23N3O2. The summed E-state index contributed by atoms with van der Waals surface area (Å²) in [6, 6.07) is 17.6. The fourth-order valence-corrected chi connectivity index (χ4v) is 6.53. The number of fused-ring (bicyclic) bond motifs is 5. The highest BCUT2D eigenvalue weighted by Gasteiger charge is 2.78. The van der Waals surface area contributed by atoms with E-state index in [1.807, 2.05) is 18.2 Å². The number of hydrogen-bond donors (Lipinski definition) is 0. The first kappa shape index (κ1) is 16.6. The van der Waals surface area contributed by atoms with Gasteiger partial charge in [0.2, 0.25) is 0 Å². The Morgan fingerprint density at radius 2 is 1.41 bits per heavy atom. The van der Waals surface area contributed by atoms with Crippen LogP contribution in [0, 0.1) is 27.4 Å². The summed E-state index contributed by atoms with van der Waals surface area (Å²) in [7, 11) is 0. The van der Waals surface area contributed by atoms with E-state index in [0.29, 0.717) is 11.8 Å². The lowest BCUT2D eigenvalue weighted by Gasteiger charge is -2.41. The number of nitrogens with zero attached hydrogens (tertiary/aromatic N) is 3. The van der Waals surface area contributed by atoms with Gasteiger partial charge in [0.05, 0.1) is 4.92 Å². The van der Waals surface area contributed by atoms with Gasteiger partial charge < -0.3 is 0 Å². The minimum absolute atomic E-state index is 0.123. The molecule has 5 heteroatoms. The van der Waals surface area contributed by atoms with Gasteiger partial charge in [0.25, 0.3) is 5.69 Å². The molecule has 0 unspecified atom stereocenters. The third kappa shape index (κ3) is 1.75. The zero-order valence-electron chi connectivity index (χ0n) is 15.6. The molecule has 0 amide bonds. The summed E-state index contributed by atoms with van der Waals surface area (Å²) < 4.78 is 0. The van der Waals surface area contributed by atoms with Gasteiger partial charge in [-0.05, 0) is 47.9 Å². The first-order chi connectivity index (χ1) is 12.9. The van der Waals surface area contributed by atoms with Crippen molar-refractivity contribution in [2.24, 2.45) is 27.5 Å². The molecule has 5 rings (SSSR count). The van der Waals surface area contributed by atoms with Crippen molar-refractivity contribution in [1.29, 1.82) is 0 Å². The minimum atomic E-state index is -0.418. The highest BCUT2D eigenvalue weighted by atomic mass is 16.6. The van der Waals surface area contributed by atoms with Crippen LogP contribution in [0.25, 0.3) is 0 Å². The van der Waals surface area contributed by atoms with Crippen LogP contribution in [0.15, 0.2) is 64.8 Å². The lowest BCUT2D eigenvalue weighted by Crippen LogP contribution is -2.44. The van der Waals surface area contributed by atoms with E-state index in [1.165, 1.54) is 12.0 Å². The molecular weight excluding hydrogens is 338 g/mol. The predicted molar refractivity (Wildman–Crippen MR) is 102 cm³/mol. The molecule has 1 aliphatic heterocycles. The first-order valence-corrected chi connectivity index (χ1v) is 9.70. The van der Waals surface area contributed by atoms with Crippen LogP contribution in [-0.2, 0) is 11.1 Å². The number of benzene rings is 2. The van der Waals surface area contributed by atoms with Crippen LogP contribution in [0.2, 0.25) is 0 Å². The molecule has 1 heterocycles. The summed E-state index contributed by atoms with van der Waals surface area (Å²) in [5.74, 6) is 0.884. The van der Waals surface area contributed by atoms with E-state index < -0.39 is 5.54 Å². The summed E-state index contributed by atoms with van der Waals surface area (Å²) in [6.07, 6.45) is 3.50. The van der Waals surface area contributed by atoms with Crippen LogP contribution in [-0.4, -0.2) is 4.92 Å². The molecule has 2 aliphatic carbocycles. The Hall–Kier alpha value is -2.56. The maximum atomic E-state index is 11.1. The van der Waals surface area contributed by atoms with Gasteiger partial charge in [0.1, 0.15) is 11.1 Å². The second-order valence-corrected chi connectivity index (χ2v) is 8.67. The summed E-state index contributed by atoms with van der Waals surface area (Å²) in [5, 5.41) is 21.1. The van der Waals surface area contributed by atoms with Crippen LogP contribution in [0.3, 0.4) is 0 Å². The summed E-state index contributed by atoms with van der Waals surface area (Å²) in [5.41, 5.74) is 1.49. The topological polar surface area (TPSA) is 67.9 Å². The molecule has 2 saturated carbocycles. The molecule has 27 heavy (non-hydrogen) atoms. The van der Waals surface area contributed by atoms with Crippen molar-refractivity contribution in [3.8, 4) is 0 Å². The van der Waals surface area contributed by atoms with Crippen molar-refractivity contribution in [3.63, 3.8) is 0 Å². The monoisotopic (exact) mass is 361 g/mol. The van der Waals surface area contributed by atoms with E-state index in [2.05, 4.69) is 38.1 Å². The highest BCUT2D eigenvalue weighted by Crippen LogP contribution is 2.77. The molecule has 5 nitrogen and oxygen atoms in total. The molecule has 2 bridgehead atoms. The molecule has 3 aliphatic rings. The average Bonchev–Trinajstić information content (AvgIpc) is 3.30. The standard InChI is InChI=1S/C22H23N3O2/c1-20(2)21(15-7-4-3-5-8-15)18-9-6-10-19(18)22(20,24-23-21)16-11-13-17(14-12-16)25(26)27/h3-5,7-8,11-14,18-19H,6,9-10H2,1-2H3/t18-,19+,21-,22+/m0/s1. The molecule has 0 spiro atoms. The molecule has 0 saturated heterocycles. The van der Waals surface area contributed by atoms with E-state index in [0.717, 1.165) is 18.4 Å². The lowest BCUT2D eigenvalue weighted by molar-refractivity contribution is -0.384. The third-order valence-electron chi connectivity index (χ3n) is 7.59. The zero-order valence-corrected chi connectivity index (χ0v) is 15.6. The Kier molecular flexibility index (Phi) is 3.22. The number of rotatable bonds is 3. The lowest BCUT2D eigenvalue weighted by atomic mass is 9.61. The Morgan fingerprint density at radius 3 is 1.93 bits per heavy atom. The van der Waals surface area contributed by atoms with Gasteiger partial charge in [0, 0.05) is 17.5 Å². The number of nitro benzene ring substituents is 1. The smallest absolute Gasteiger partial charge is 0.258 e. The molecule has 138 valence electrons. The van der Waals surface area contributed by atoms with Crippen molar-refractivity contribution in [2.75, 3.05) is 0 Å². The highest BCUT2D eigenvalue weighted by molar-refractivity contribution is 5.47. The van der Waals surface area contributed by atoms with Gasteiger partial charge in [-0.15, -0.1) is 0 Å². The molecule has 0 N–H and O–H groups in total. The van der Waals surface area contributed by atoms with Gasteiger partial charge in [-0.2, -0.15) is 10.2 Å². The van der Waals surface area contributed by atoms with Crippen molar-refractivity contribution in [3.05, 3.63) is 75.8 Å². The molecule has 2 aromatic carbocycles. The average molecular weight is 361 g/mol. The minimum Gasteiger partial charge on any atom is -0.258 e. The van der Waals surface area contributed by atoms with Gasteiger partial charge in [-0.1, -0.05) is 50.6 Å². The summed E-state index contributed by atoms with van der Waals surface area (Å²) in [6.45, 7) is 4.58. The van der Waals surface area contributed by atoms with E-state index >= 15 is 0 Å². The first-order valence-electron chi connectivity index (χ1n) is 9.70. The van der Waals surface area contributed by atoms with Crippen molar-refractivity contribution in [2.45, 2.75) is 44.2 Å². The number of azo groups is 1. The quantitative estimate of drug-likeness (QED) is 0.527. The predicted octanol–water partition coefficient (Wildman–Crippen LogP) is 5.61. The zero-order chi connectivity index (χ0) is 18.9. The number of non-ortho nitro benzene ring substituents is 1. The maximum absolute atomic E-state index is 11.1. The van der Waals surface area contributed by atoms with Crippen molar-refractivity contribution < 1.29 is 4.92 Å². The van der Waals surface area contributed by atoms with Crippen LogP contribution >= 0.6 is 0 Å². The van der Waals surface area contributed by atoms with Crippen molar-refractivity contribution >= 4 is 5.69 Å². The van der Waals surface area contributed by atoms with Crippen LogP contribution < -0.4 is 0 Å². The van der Waals surface area contributed by atoms with Crippen LogP contribution in [0.4, 0.5) is 5.69 Å².